The van der Waals surface area contributed by atoms with Gasteiger partial charge in [-0.3, -0.25) is 9.59 Å². The molecule has 1 N–H and O–H groups in total. The molecule has 1 amide bonds. The van der Waals surface area contributed by atoms with Crippen molar-refractivity contribution in [2.45, 2.75) is 47.3 Å². The van der Waals surface area contributed by atoms with Gasteiger partial charge in [-0.25, -0.2) is 0 Å². The maximum absolute atomic E-state index is 12.6. The number of esters is 1. The van der Waals surface area contributed by atoms with Crippen LogP contribution in [0.3, 0.4) is 0 Å². The zero-order valence-electron chi connectivity index (χ0n) is 19.9. The van der Waals surface area contributed by atoms with Gasteiger partial charge in [0.15, 0.2) is 11.5 Å². The quantitative estimate of drug-likeness (QED) is 0.351. The molecule has 7 heteroatoms. The van der Waals surface area contributed by atoms with Crippen molar-refractivity contribution in [2.24, 2.45) is 11.3 Å². The summed E-state index contributed by atoms with van der Waals surface area (Å²) >= 11 is 1.80. The lowest BCUT2D eigenvalue weighted by molar-refractivity contribution is -0.132. The molecule has 6 nitrogen and oxygen atoms in total. The lowest BCUT2D eigenvalue weighted by Gasteiger charge is -2.20. The molecule has 0 saturated carbocycles. The first-order chi connectivity index (χ1) is 15.0. The minimum absolute atomic E-state index is 0.0498. The number of hydrogen-bond donors (Lipinski definition) is 1. The fourth-order valence-corrected chi connectivity index (χ4v) is 3.70. The summed E-state index contributed by atoms with van der Waals surface area (Å²) in [6.07, 6.45) is 0. The standard InChI is InChI=1S/C25H33NO5S/c1-16(2)14-32-15-18-12-20(8-10-21(18)26-24(28)25(4,5)6)31-23-13-19(29-7)9-11-22(23)30-17(3)27/h8-13,16H,14-15H2,1-7H3,(H,26,28). The van der Waals surface area contributed by atoms with Gasteiger partial charge in [0.05, 0.1) is 7.11 Å². The summed E-state index contributed by atoms with van der Waals surface area (Å²) in [5, 5.41) is 3.04. The number of thioether (sulfide) groups is 1. The number of carbonyl (C=O) groups is 2. The fourth-order valence-electron chi connectivity index (χ4n) is 2.65. The summed E-state index contributed by atoms with van der Waals surface area (Å²) in [4.78, 5) is 24.0. The Morgan fingerprint density at radius 3 is 2.31 bits per heavy atom. The first kappa shape index (κ1) is 25.6. The Hall–Kier alpha value is -2.67. The predicted molar refractivity (Wildman–Crippen MR) is 130 cm³/mol. The normalized spacial score (nSPS) is 11.2. The molecule has 0 bridgehead atoms. The van der Waals surface area contributed by atoms with Crippen LogP contribution in [0.15, 0.2) is 36.4 Å². The summed E-state index contributed by atoms with van der Waals surface area (Å²) < 4.78 is 16.6. The molecular weight excluding hydrogens is 426 g/mol. The second-order valence-corrected chi connectivity index (χ2v) is 9.97. The number of carbonyl (C=O) groups excluding carboxylic acids is 2. The number of ether oxygens (including phenoxy) is 3. The van der Waals surface area contributed by atoms with E-state index in [1.807, 2.05) is 32.9 Å². The Morgan fingerprint density at radius 1 is 1.03 bits per heavy atom. The molecule has 2 aromatic carbocycles. The van der Waals surface area contributed by atoms with Crippen LogP contribution in [0.2, 0.25) is 0 Å². The monoisotopic (exact) mass is 459 g/mol. The van der Waals surface area contributed by atoms with Crippen LogP contribution in [0, 0.1) is 11.3 Å². The van der Waals surface area contributed by atoms with Gasteiger partial charge in [-0.1, -0.05) is 34.6 Å². The van der Waals surface area contributed by atoms with Crippen LogP contribution < -0.4 is 19.5 Å². The first-order valence-corrected chi connectivity index (χ1v) is 11.7. The second-order valence-electron chi connectivity index (χ2n) is 8.94. The fraction of sp³-hybridized carbons (Fsp3) is 0.440. The van der Waals surface area contributed by atoms with Crippen molar-refractivity contribution in [3.63, 3.8) is 0 Å². The molecular formula is C25H33NO5S. The van der Waals surface area contributed by atoms with Crippen molar-refractivity contribution in [3.8, 4) is 23.0 Å². The summed E-state index contributed by atoms with van der Waals surface area (Å²) in [7, 11) is 1.56. The summed E-state index contributed by atoms with van der Waals surface area (Å²) in [6, 6.07) is 10.5. The number of benzene rings is 2. The number of anilines is 1. The van der Waals surface area contributed by atoms with Crippen molar-refractivity contribution in [2.75, 3.05) is 18.2 Å². The lowest BCUT2D eigenvalue weighted by atomic mass is 9.95. The number of hydrogen-bond acceptors (Lipinski definition) is 6. The van der Waals surface area contributed by atoms with E-state index in [1.54, 1.807) is 43.1 Å². The molecule has 0 unspecified atom stereocenters. The van der Waals surface area contributed by atoms with Gasteiger partial charge in [0, 0.05) is 29.8 Å². The van der Waals surface area contributed by atoms with Crippen LogP contribution in [0.1, 0.15) is 47.1 Å². The van der Waals surface area contributed by atoms with Crippen molar-refractivity contribution >= 4 is 29.3 Å². The Balaban J connectivity index is 2.36. The van der Waals surface area contributed by atoms with E-state index in [0.717, 1.165) is 22.8 Å². The molecule has 32 heavy (non-hydrogen) atoms. The third-order valence-corrected chi connectivity index (χ3v) is 5.76. The first-order valence-electron chi connectivity index (χ1n) is 10.6. The van der Waals surface area contributed by atoms with E-state index >= 15 is 0 Å². The highest BCUT2D eigenvalue weighted by Crippen LogP contribution is 2.37. The van der Waals surface area contributed by atoms with Gasteiger partial charge in [-0.05, 0) is 47.6 Å². The lowest BCUT2D eigenvalue weighted by Crippen LogP contribution is -2.28. The molecule has 174 valence electrons. The molecule has 0 radical (unpaired) electrons. The van der Waals surface area contributed by atoms with Crippen molar-refractivity contribution in [1.82, 2.24) is 0 Å². The molecule has 0 fully saturated rings. The molecule has 2 rings (SSSR count). The van der Waals surface area contributed by atoms with Crippen LogP contribution in [0.4, 0.5) is 5.69 Å². The SMILES string of the molecule is COc1ccc(OC(C)=O)c(Oc2ccc(NC(=O)C(C)(C)C)c(CSCC(C)C)c2)c1. The Kier molecular flexibility index (Phi) is 9.01. The second kappa shape index (κ2) is 11.3. The Bertz CT molecular complexity index is 950. The minimum atomic E-state index is -0.503. The number of methoxy groups -OCH3 is 1. The molecule has 0 atom stereocenters. The van der Waals surface area contributed by atoms with Gasteiger partial charge in [-0.2, -0.15) is 11.8 Å². The zero-order chi connectivity index (χ0) is 23.9. The van der Waals surface area contributed by atoms with E-state index in [9.17, 15) is 9.59 Å². The third-order valence-electron chi connectivity index (χ3n) is 4.35. The van der Waals surface area contributed by atoms with E-state index < -0.39 is 11.4 Å². The largest absolute Gasteiger partial charge is 0.497 e. The minimum Gasteiger partial charge on any atom is -0.497 e. The number of rotatable bonds is 9. The van der Waals surface area contributed by atoms with Gasteiger partial charge < -0.3 is 19.5 Å². The number of amides is 1. The maximum Gasteiger partial charge on any atom is 0.308 e. The average Bonchev–Trinajstić information content (AvgIpc) is 2.69. The highest BCUT2D eigenvalue weighted by molar-refractivity contribution is 7.98. The summed E-state index contributed by atoms with van der Waals surface area (Å²) in [5.74, 6) is 3.63. The van der Waals surface area contributed by atoms with Crippen LogP contribution in [-0.4, -0.2) is 24.7 Å². The van der Waals surface area contributed by atoms with E-state index in [2.05, 4.69) is 19.2 Å². The van der Waals surface area contributed by atoms with Crippen LogP contribution in [0.5, 0.6) is 23.0 Å². The third kappa shape index (κ3) is 7.79. The summed E-state index contributed by atoms with van der Waals surface area (Å²) in [5.41, 5.74) is 1.22. The number of nitrogens with one attached hydrogen (secondary N) is 1. The average molecular weight is 460 g/mol. The van der Waals surface area contributed by atoms with Gasteiger partial charge in [0.1, 0.15) is 11.5 Å². The van der Waals surface area contributed by atoms with Crippen LogP contribution in [-0.2, 0) is 15.3 Å². The highest BCUT2D eigenvalue weighted by atomic mass is 32.2. The smallest absolute Gasteiger partial charge is 0.308 e. The molecule has 0 spiro atoms. The molecule has 2 aromatic rings. The Labute approximate surface area is 195 Å². The molecule has 0 aliphatic rings. The van der Waals surface area contributed by atoms with E-state index in [4.69, 9.17) is 14.2 Å². The van der Waals surface area contributed by atoms with Gasteiger partial charge in [-0.15, -0.1) is 0 Å². The molecule has 0 aliphatic carbocycles. The van der Waals surface area contributed by atoms with Gasteiger partial charge >= 0.3 is 5.97 Å². The maximum atomic E-state index is 12.6. The molecule has 0 aliphatic heterocycles. The van der Waals surface area contributed by atoms with Gasteiger partial charge in [0.2, 0.25) is 5.91 Å². The van der Waals surface area contributed by atoms with Crippen LogP contribution in [0.25, 0.3) is 0 Å². The molecule has 0 heterocycles. The topological polar surface area (TPSA) is 73.9 Å². The van der Waals surface area contributed by atoms with Crippen molar-refractivity contribution in [1.29, 1.82) is 0 Å². The van der Waals surface area contributed by atoms with E-state index in [-0.39, 0.29) is 5.91 Å². The predicted octanol–water partition coefficient (Wildman–Crippen LogP) is 6.29. The summed E-state index contributed by atoms with van der Waals surface area (Å²) in [6.45, 7) is 11.3. The zero-order valence-corrected chi connectivity index (χ0v) is 20.7. The Morgan fingerprint density at radius 2 is 1.72 bits per heavy atom. The van der Waals surface area contributed by atoms with Gasteiger partial charge in [0.25, 0.3) is 0 Å². The van der Waals surface area contributed by atoms with E-state index in [1.165, 1.54) is 6.92 Å². The van der Waals surface area contributed by atoms with Crippen LogP contribution >= 0.6 is 11.8 Å². The molecule has 0 saturated heterocycles. The van der Waals surface area contributed by atoms with Crippen molar-refractivity contribution < 1.29 is 23.8 Å². The molecule has 0 aromatic heterocycles. The highest BCUT2D eigenvalue weighted by Gasteiger charge is 2.22. The van der Waals surface area contributed by atoms with E-state index in [0.29, 0.717) is 28.9 Å². The van der Waals surface area contributed by atoms with Crippen molar-refractivity contribution in [3.05, 3.63) is 42.0 Å².